The quantitative estimate of drug-likeness (QED) is 0.368. The first-order valence-electron chi connectivity index (χ1n) is 2.82. The molecule has 5 nitrogen and oxygen atoms in total. The van der Waals surface area contributed by atoms with Crippen LogP contribution in [0.4, 0.5) is 0 Å². The first-order valence-corrected chi connectivity index (χ1v) is 2.82. The second kappa shape index (κ2) is 1.77. The van der Waals surface area contributed by atoms with Gasteiger partial charge in [0.15, 0.2) is 5.72 Å². The second-order valence-corrected chi connectivity index (χ2v) is 2.42. The molecule has 5 heteroatoms. The van der Waals surface area contributed by atoms with Crippen molar-refractivity contribution in [1.82, 2.24) is 10.4 Å². The number of hydrogen-bond acceptors (Lipinski definition) is 5. The zero-order valence-corrected chi connectivity index (χ0v) is 5.79. The van der Waals surface area contributed by atoms with E-state index in [1.165, 1.54) is 14.0 Å². The van der Waals surface area contributed by atoms with Crippen LogP contribution in [0.25, 0.3) is 0 Å². The summed E-state index contributed by atoms with van der Waals surface area (Å²) in [5.74, 6) is -0.819. The van der Waals surface area contributed by atoms with E-state index in [2.05, 4.69) is 5.43 Å². The van der Waals surface area contributed by atoms with E-state index in [1.807, 2.05) is 0 Å². The average molecular weight is 146 g/mol. The van der Waals surface area contributed by atoms with Gasteiger partial charge in [0.2, 0.25) is 11.6 Å². The van der Waals surface area contributed by atoms with Gasteiger partial charge in [-0.1, -0.05) is 0 Å². The zero-order chi connectivity index (χ0) is 7.94. The zero-order valence-electron chi connectivity index (χ0n) is 5.79. The minimum Gasteiger partial charge on any atom is -0.504 e. The molecule has 0 amide bonds. The van der Waals surface area contributed by atoms with Crippen LogP contribution in [0.5, 0.6) is 0 Å². The van der Waals surface area contributed by atoms with Crippen LogP contribution in [0.1, 0.15) is 6.92 Å². The molecule has 0 aromatic heterocycles. The molecule has 58 valence electrons. The van der Waals surface area contributed by atoms with E-state index in [1.54, 1.807) is 0 Å². The molecule has 1 atom stereocenters. The lowest BCUT2D eigenvalue weighted by Gasteiger charge is -2.18. The van der Waals surface area contributed by atoms with Crippen LogP contribution in [-0.2, 0) is 0 Å². The summed E-state index contributed by atoms with van der Waals surface area (Å²) in [5, 5.41) is 28.2. The van der Waals surface area contributed by atoms with Gasteiger partial charge in [-0.05, 0) is 6.92 Å². The maximum Gasteiger partial charge on any atom is 0.245 e. The Kier molecular flexibility index (Phi) is 1.27. The predicted octanol–water partition coefficient (Wildman–Crippen LogP) is -0.570. The summed E-state index contributed by atoms with van der Waals surface area (Å²) >= 11 is 0. The summed E-state index contributed by atoms with van der Waals surface area (Å²) < 4.78 is 0. The van der Waals surface area contributed by atoms with Gasteiger partial charge in [-0.15, -0.1) is 0 Å². The van der Waals surface area contributed by atoms with Gasteiger partial charge in [0.1, 0.15) is 0 Å². The number of aliphatic hydroxyl groups excluding tert-OH is 2. The molecule has 0 saturated heterocycles. The van der Waals surface area contributed by atoms with Gasteiger partial charge >= 0.3 is 0 Å². The van der Waals surface area contributed by atoms with Crippen molar-refractivity contribution < 1.29 is 15.3 Å². The lowest BCUT2D eigenvalue weighted by Crippen LogP contribution is -2.44. The molecule has 0 aromatic carbocycles. The van der Waals surface area contributed by atoms with E-state index < -0.39 is 11.5 Å². The van der Waals surface area contributed by atoms with E-state index in [0.29, 0.717) is 0 Å². The maximum absolute atomic E-state index is 9.18. The lowest BCUT2D eigenvalue weighted by molar-refractivity contribution is -0.000406. The highest BCUT2D eigenvalue weighted by Crippen LogP contribution is 2.21. The monoisotopic (exact) mass is 146 g/mol. The fourth-order valence-electron chi connectivity index (χ4n) is 0.809. The van der Waals surface area contributed by atoms with Crippen molar-refractivity contribution in [1.29, 1.82) is 0 Å². The summed E-state index contributed by atoms with van der Waals surface area (Å²) in [5.41, 5.74) is 0.865. The van der Waals surface area contributed by atoms with E-state index in [9.17, 15) is 5.11 Å². The topological polar surface area (TPSA) is 76.0 Å². The fourth-order valence-corrected chi connectivity index (χ4v) is 0.809. The summed E-state index contributed by atoms with van der Waals surface area (Å²) in [6.07, 6.45) is 0. The summed E-state index contributed by atoms with van der Waals surface area (Å²) in [4.78, 5) is 0. The van der Waals surface area contributed by atoms with E-state index in [-0.39, 0.29) is 5.88 Å². The minimum atomic E-state index is -1.54. The summed E-state index contributed by atoms with van der Waals surface area (Å²) in [7, 11) is 1.48. The predicted molar refractivity (Wildman–Crippen MR) is 33.8 cm³/mol. The third-order valence-electron chi connectivity index (χ3n) is 1.38. The Hall–Kier alpha value is -0.940. The Balaban J connectivity index is 2.95. The van der Waals surface area contributed by atoms with E-state index in [0.717, 1.165) is 5.01 Å². The lowest BCUT2D eigenvalue weighted by atomic mass is 10.2. The molecule has 0 aromatic rings. The van der Waals surface area contributed by atoms with Crippen molar-refractivity contribution in [2.24, 2.45) is 0 Å². The molecular weight excluding hydrogens is 136 g/mol. The Morgan fingerprint density at radius 1 is 1.50 bits per heavy atom. The molecule has 4 N–H and O–H groups in total. The van der Waals surface area contributed by atoms with Gasteiger partial charge < -0.3 is 15.3 Å². The highest BCUT2D eigenvalue weighted by Gasteiger charge is 2.38. The van der Waals surface area contributed by atoms with Crippen LogP contribution in [0.3, 0.4) is 0 Å². The molecule has 1 heterocycles. The van der Waals surface area contributed by atoms with Crippen LogP contribution in [0.2, 0.25) is 0 Å². The Bertz CT molecular complexity index is 187. The Morgan fingerprint density at radius 2 is 2.00 bits per heavy atom. The number of hydrazine groups is 1. The number of aliphatic hydroxyl groups is 3. The third kappa shape index (κ3) is 0.795. The molecule has 0 saturated carbocycles. The normalized spacial score (nSPS) is 33.7. The molecule has 0 bridgehead atoms. The molecule has 0 fully saturated rings. The van der Waals surface area contributed by atoms with Gasteiger partial charge in [-0.3, -0.25) is 5.01 Å². The summed E-state index contributed by atoms with van der Waals surface area (Å²) in [6, 6.07) is 0. The van der Waals surface area contributed by atoms with Crippen molar-refractivity contribution in [3.63, 3.8) is 0 Å². The highest BCUT2D eigenvalue weighted by atomic mass is 16.4. The molecule has 1 aliphatic heterocycles. The number of rotatable bonds is 0. The molecule has 1 rings (SSSR count). The van der Waals surface area contributed by atoms with Crippen LogP contribution < -0.4 is 5.43 Å². The minimum absolute atomic E-state index is 0.356. The number of nitrogens with one attached hydrogen (secondary N) is 1. The Morgan fingerprint density at radius 3 is 2.10 bits per heavy atom. The maximum atomic E-state index is 9.18. The molecule has 1 unspecified atom stereocenters. The van der Waals surface area contributed by atoms with Crippen LogP contribution in [-0.4, -0.2) is 33.1 Å². The smallest absolute Gasteiger partial charge is 0.245 e. The standard InChI is InChI=1S/C5H10N2O3/c1-5(10)3(8)4(9)7(2)6-5/h6,8-10H,1-2H3. The first-order chi connectivity index (χ1) is 4.45. The highest BCUT2D eigenvalue weighted by molar-refractivity contribution is 5.13. The average Bonchev–Trinajstić information content (AvgIpc) is 1.95. The molecule has 0 radical (unpaired) electrons. The third-order valence-corrected chi connectivity index (χ3v) is 1.38. The fraction of sp³-hybridized carbons (Fsp3) is 0.600. The van der Waals surface area contributed by atoms with E-state index >= 15 is 0 Å². The largest absolute Gasteiger partial charge is 0.504 e. The Labute approximate surface area is 58.2 Å². The van der Waals surface area contributed by atoms with Gasteiger partial charge in [-0.2, -0.15) is 5.43 Å². The van der Waals surface area contributed by atoms with Crippen molar-refractivity contribution in [3.8, 4) is 0 Å². The van der Waals surface area contributed by atoms with Crippen molar-refractivity contribution in [3.05, 3.63) is 11.6 Å². The SMILES string of the molecule is CN1NC(C)(O)C(O)=C1O. The number of hydrogen-bond donors (Lipinski definition) is 4. The second-order valence-electron chi connectivity index (χ2n) is 2.42. The van der Waals surface area contributed by atoms with Gasteiger partial charge in [-0.25, -0.2) is 0 Å². The van der Waals surface area contributed by atoms with Crippen molar-refractivity contribution >= 4 is 0 Å². The first kappa shape index (κ1) is 7.17. The molecule has 1 aliphatic rings. The molecule has 0 spiro atoms. The van der Waals surface area contributed by atoms with Crippen LogP contribution in [0.15, 0.2) is 11.6 Å². The van der Waals surface area contributed by atoms with Gasteiger partial charge in [0.05, 0.1) is 0 Å². The van der Waals surface area contributed by atoms with Crippen molar-refractivity contribution in [2.45, 2.75) is 12.6 Å². The molecule has 10 heavy (non-hydrogen) atoms. The van der Waals surface area contributed by atoms with Gasteiger partial charge in [0.25, 0.3) is 0 Å². The molecular formula is C5H10N2O3. The molecule has 0 aliphatic carbocycles. The van der Waals surface area contributed by atoms with Gasteiger partial charge in [0, 0.05) is 7.05 Å². The summed E-state index contributed by atoms with van der Waals surface area (Å²) in [6.45, 7) is 1.34. The van der Waals surface area contributed by atoms with E-state index in [4.69, 9.17) is 10.2 Å². The van der Waals surface area contributed by atoms with Crippen LogP contribution >= 0.6 is 0 Å². The van der Waals surface area contributed by atoms with Crippen molar-refractivity contribution in [2.75, 3.05) is 7.05 Å². The van der Waals surface area contributed by atoms with Crippen LogP contribution in [0, 0.1) is 0 Å². The number of nitrogens with zero attached hydrogens (tertiary/aromatic N) is 1.